The molecule has 1 aliphatic heterocycles. The van der Waals surface area contributed by atoms with Crippen molar-refractivity contribution in [2.45, 2.75) is 17.9 Å². The van der Waals surface area contributed by atoms with Gasteiger partial charge in [-0.1, -0.05) is 42.5 Å². The van der Waals surface area contributed by atoms with Gasteiger partial charge in [-0.15, -0.1) is 0 Å². The predicted molar refractivity (Wildman–Crippen MR) is 68.9 cm³/mol. The number of para-hydroxylation sites is 1. The third-order valence-corrected chi connectivity index (χ3v) is 4.11. The molecule has 0 unspecified atom stereocenters. The van der Waals surface area contributed by atoms with Crippen molar-refractivity contribution < 1.29 is 9.84 Å². The van der Waals surface area contributed by atoms with E-state index in [1.54, 1.807) is 0 Å². The van der Waals surface area contributed by atoms with E-state index < -0.39 is 5.60 Å². The first kappa shape index (κ1) is 10.2. The van der Waals surface area contributed by atoms with E-state index in [4.69, 9.17) is 4.74 Å². The van der Waals surface area contributed by atoms with Crippen LogP contribution in [0, 0.1) is 0 Å². The van der Waals surface area contributed by atoms with Gasteiger partial charge in [0.25, 0.3) is 0 Å². The highest BCUT2D eigenvalue weighted by Gasteiger charge is 2.49. The van der Waals surface area contributed by atoms with Gasteiger partial charge in [0.2, 0.25) is 0 Å². The Morgan fingerprint density at radius 1 is 1.00 bits per heavy atom. The van der Waals surface area contributed by atoms with Gasteiger partial charge in [-0.25, -0.2) is 0 Å². The molecule has 2 atom stereocenters. The second kappa shape index (κ2) is 3.36. The number of ether oxygens (including phenoxy) is 1. The lowest BCUT2D eigenvalue weighted by Gasteiger charge is -2.36. The third kappa shape index (κ3) is 1.21. The molecule has 1 aliphatic carbocycles. The predicted octanol–water partition coefficient (Wildman–Crippen LogP) is 2.50. The van der Waals surface area contributed by atoms with E-state index in [0.29, 0.717) is 13.0 Å². The van der Waals surface area contributed by atoms with Gasteiger partial charge in [0.15, 0.2) is 0 Å². The van der Waals surface area contributed by atoms with Gasteiger partial charge in [0, 0.05) is 17.9 Å². The Balaban J connectivity index is 1.97. The van der Waals surface area contributed by atoms with Crippen molar-refractivity contribution in [2.75, 3.05) is 6.61 Å². The SMILES string of the molecule is O[C@@]12COc3ccccc3[C@H]1c1ccccc1C2. The summed E-state index contributed by atoms with van der Waals surface area (Å²) in [5.74, 6) is 0.961. The zero-order chi connectivity index (χ0) is 12.2. The molecule has 2 nitrogen and oxygen atoms in total. The zero-order valence-electron chi connectivity index (χ0n) is 9.97. The van der Waals surface area contributed by atoms with Crippen LogP contribution in [0.3, 0.4) is 0 Å². The topological polar surface area (TPSA) is 29.5 Å². The van der Waals surface area contributed by atoms with E-state index >= 15 is 0 Å². The first-order valence-corrected chi connectivity index (χ1v) is 6.30. The van der Waals surface area contributed by atoms with Gasteiger partial charge in [-0.2, -0.15) is 0 Å². The van der Waals surface area contributed by atoms with Crippen molar-refractivity contribution in [3.63, 3.8) is 0 Å². The van der Waals surface area contributed by atoms with Crippen molar-refractivity contribution in [3.05, 3.63) is 65.2 Å². The van der Waals surface area contributed by atoms with Crippen molar-refractivity contribution in [1.29, 1.82) is 0 Å². The fourth-order valence-electron chi connectivity index (χ4n) is 3.34. The van der Waals surface area contributed by atoms with Gasteiger partial charge in [0.05, 0.1) is 0 Å². The monoisotopic (exact) mass is 238 g/mol. The average Bonchev–Trinajstić information content (AvgIpc) is 2.71. The minimum absolute atomic E-state index is 0.0543. The molecular formula is C16H14O2. The minimum Gasteiger partial charge on any atom is -0.490 e. The molecule has 0 saturated heterocycles. The van der Waals surface area contributed by atoms with Crippen LogP contribution in [-0.2, 0) is 6.42 Å². The summed E-state index contributed by atoms with van der Waals surface area (Å²) in [5, 5.41) is 10.9. The maximum absolute atomic E-state index is 10.9. The lowest BCUT2D eigenvalue weighted by Crippen LogP contribution is -2.43. The van der Waals surface area contributed by atoms with Gasteiger partial charge in [-0.3, -0.25) is 0 Å². The standard InChI is InChI=1S/C16H14O2/c17-16-9-11-5-1-2-6-12(11)15(16)13-7-3-4-8-14(13)18-10-16/h1-8,15,17H,9-10H2/t15-,16+/m1/s1. The molecule has 18 heavy (non-hydrogen) atoms. The lowest BCUT2D eigenvalue weighted by atomic mass is 9.81. The highest BCUT2D eigenvalue weighted by atomic mass is 16.5. The van der Waals surface area contributed by atoms with Crippen LogP contribution in [0.5, 0.6) is 5.75 Å². The Kier molecular flexibility index (Phi) is 1.90. The number of aliphatic hydroxyl groups is 1. The summed E-state index contributed by atoms with van der Waals surface area (Å²) in [6, 6.07) is 16.3. The molecule has 2 aliphatic rings. The minimum atomic E-state index is -0.780. The van der Waals surface area contributed by atoms with Crippen LogP contribution >= 0.6 is 0 Å². The Bertz CT molecular complexity index is 620. The van der Waals surface area contributed by atoms with Crippen molar-refractivity contribution in [2.24, 2.45) is 0 Å². The van der Waals surface area contributed by atoms with E-state index in [1.807, 2.05) is 30.3 Å². The van der Waals surface area contributed by atoms with Crippen LogP contribution < -0.4 is 4.74 Å². The summed E-state index contributed by atoms with van der Waals surface area (Å²) in [5.41, 5.74) is 2.81. The van der Waals surface area contributed by atoms with Gasteiger partial charge in [-0.05, 0) is 17.2 Å². The molecule has 90 valence electrons. The summed E-state index contributed by atoms with van der Waals surface area (Å²) in [4.78, 5) is 0. The Morgan fingerprint density at radius 2 is 1.72 bits per heavy atom. The highest BCUT2D eigenvalue weighted by Crippen LogP contribution is 2.50. The molecule has 0 amide bonds. The third-order valence-electron chi connectivity index (χ3n) is 4.11. The number of hydrogen-bond acceptors (Lipinski definition) is 2. The molecule has 0 radical (unpaired) electrons. The second-order valence-corrected chi connectivity index (χ2v) is 5.24. The van der Waals surface area contributed by atoms with Gasteiger partial charge < -0.3 is 9.84 Å². The smallest absolute Gasteiger partial charge is 0.123 e. The Labute approximate surface area is 106 Å². The molecule has 2 aromatic rings. The molecule has 0 saturated carbocycles. The second-order valence-electron chi connectivity index (χ2n) is 5.24. The van der Waals surface area contributed by atoms with Crippen LogP contribution in [-0.4, -0.2) is 17.3 Å². The maximum Gasteiger partial charge on any atom is 0.123 e. The maximum atomic E-state index is 10.9. The Morgan fingerprint density at radius 3 is 2.61 bits per heavy atom. The first-order valence-electron chi connectivity index (χ1n) is 6.30. The van der Waals surface area contributed by atoms with Crippen LogP contribution in [0.25, 0.3) is 0 Å². The molecule has 0 bridgehead atoms. The van der Waals surface area contributed by atoms with Gasteiger partial charge >= 0.3 is 0 Å². The number of benzene rings is 2. The summed E-state index contributed by atoms with van der Waals surface area (Å²) in [6.07, 6.45) is 0.683. The van der Waals surface area contributed by atoms with Crippen LogP contribution in [0.15, 0.2) is 48.5 Å². The normalized spacial score (nSPS) is 27.9. The fourth-order valence-corrected chi connectivity index (χ4v) is 3.34. The van der Waals surface area contributed by atoms with Crippen LogP contribution in [0.4, 0.5) is 0 Å². The first-order chi connectivity index (χ1) is 8.78. The van der Waals surface area contributed by atoms with Crippen molar-refractivity contribution in [3.8, 4) is 5.75 Å². The molecule has 1 N–H and O–H groups in total. The summed E-state index contributed by atoms with van der Waals surface area (Å²) in [7, 11) is 0. The van der Waals surface area contributed by atoms with E-state index in [2.05, 4.69) is 18.2 Å². The molecule has 0 spiro atoms. The van der Waals surface area contributed by atoms with E-state index in [9.17, 15) is 5.11 Å². The largest absolute Gasteiger partial charge is 0.490 e. The Hall–Kier alpha value is -1.80. The number of hydrogen-bond donors (Lipinski definition) is 1. The average molecular weight is 238 g/mol. The molecule has 4 rings (SSSR count). The van der Waals surface area contributed by atoms with Crippen LogP contribution in [0.2, 0.25) is 0 Å². The molecule has 0 fully saturated rings. The zero-order valence-corrected chi connectivity index (χ0v) is 9.97. The summed E-state index contributed by atoms with van der Waals surface area (Å²) in [6.45, 7) is 0.378. The van der Waals surface area contributed by atoms with Crippen molar-refractivity contribution in [1.82, 2.24) is 0 Å². The van der Waals surface area contributed by atoms with Crippen LogP contribution in [0.1, 0.15) is 22.6 Å². The quantitative estimate of drug-likeness (QED) is 0.764. The highest BCUT2D eigenvalue weighted by molar-refractivity contribution is 5.52. The fraction of sp³-hybridized carbons (Fsp3) is 0.250. The summed E-state index contributed by atoms with van der Waals surface area (Å²) < 4.78 is 5.72. The van der Waals surface area contributed by atoms with E-state index in [0.717, 1.165) is 11.3 Å². The molecule has 0 aromatic heterocycles. The number of rotatable bonds is 0. The molecule has 2 heteroatoms. The molecule has 1 heterocycles. The van der Waals surface area contributed by atoms with Gasteiger partial charge in [0.1, 0.15) is 18.0 Å². The number of fused-ring (bicyclic) bond motifs is 5. The lowest BCUT2D eigenvalue weighted by molar-refractivity contribution is -0.0217. The van der Waals surface area contributed by atoms with E-state index in [1.165, 1.54) is 11.1 Å². The van der Waals surface area contributed by atoms with Crippen molar-refractivity contribution >= 4 is 0 Å². The van der Waals surface area contributed by atoms with E-state index in [-0.39, 0.29) is 5.92 Å². The summed E-state index contributed by atoms with van der Waals surface area (Å²) >= 11 is 0. The molecular weight excluding hydrogens is 224 g/mol. The molecule has 2 aromatic carbocycles.